The molecule has 0 aliphatic carbocycles. The highest BCUT2D eigenvalue weighted by molar-refractivity contribution is 6.30. The fraction of sp³-hybridized carbons (Fsp3) is 0.286. The predicted molar refractivity (Wildman–Crippen MR) is 106 cm³/mol. The van der Waals surface area contributed by atoms with E-state index in [9.17, 15) is 4.79 Å². The summed E-state index contributed by atoms with van der Waals surface area (Å²) in [4.78, 5) is 17.4. The Kier molecular flexibility index (Phi) is 4.70. The lowest BCUT2D eigenvalue weighted by Gasteiger charge is -2.36. The standard InChI is InChI=1S/C21H21ClN2O2/c1-15-5-6-20-19(11-15)21(25)16(14-26-20)13-23-7-9-24(10-8-23)18-4-2-3-17(22)12-18/h2-6,11-12,14H,7-10,13H2,1H3. The van der Waals surface area contributed by atoms with Gasteiger partial charge in [0.25, 0.3) is 0 Å². The molecule has 0 spiro atoms. The molecular formula is C21H21ClN2O2. The molecule has 0 unspecified atom stereocenters. The molecule has 1 aliphatic rings. The van der Waals surface area contributed by atoms with Crippen LogP contribution in [0.2, 0.25) is 5.02 Å². The van der Waals surface area contributed by atoms with E-state index in [-0.39, 0.29) is 5.43 Å². The third-order valence-electron chi connectivity index (χ3n) is 4.94. The number of hydrogen-bond acceptors (Lipinski definition) is 4. The highest BCUT2D eigenvalue weighted by atomic mass is 35.5. The number of aryl methyl sites for hydroxylation is 1. The maximum absolute atomic E-state index is 12.8. The van der Waals surface area contributed by atoms with E-state index >= 15 is 0 Å². The van der Waals surface area contributed by atoms with Gasteiger partial charge >= 0.3 is 0 Å². The molecule has 3 aromatic rings. The minimum atomic E-state index is 0.0761. The number of fused-ring (bicyclic) bond motifs is 1. The van der Waals surface area contributed by atoms with E-state index in [1.54, 1.807) is 6.26 Å². The molecule has 2 heterocycles. The van der Waals surface area contributed by atoms with E-state index in [1.807, 2.05) is 43.3 Å². The first kappa shape index (κ1) is 17.1. The van der Waals surface area contributed by atoms with Crippen LogP contribution in [0.1, 0.15) is 11.1 Å². The molecule has 0 N–H and O–H groups in total. The molecule has 4 rings (SSSR count). The Morgan fingerprint density at radius 1 is 1.08 bits per heavy atom. The summed E-state index contributed by atoms with van der Waals surface area (Å²) < 4.78 is 5.67. The topological polar surface area (TPSA) is 36.7 Å². The lowest BCUT2D eigenvalue weighted by Crippen LogP contribution is -2.46. The van der Waals surface area contributed by atoms with Crippen LogP contribution in [0.3, 0.4) is 0 Å². The van der Waals surface area contributed by atoms with E-state index < -0.39 is 0 Å². The zero-order chi connectivity index (χ0) is 18.1. The van der Waals surface area contributed by atoms with Gasteiger partial charge in [0.2, 0.25) is 0 Å². The van der Waals surface area contributed by atoms with Crippen LogP contribution in [0.4, 0.5) is 5.69 Å². The van der Waals surface area contributed by atoms with Gasteiger partial charge < -0.3 is 9.32 Å². The number of halogens is 1. The number of rotatable bonds is 3. The van der Waals surface area contributed by atoms with Gasteiger partial charge in [-0.2, -0.15) is 0 Å². The largest absolute Gasteiger partial charge is 0.464 e. The van der Waals surface area contributed by atoms with Crippen molar-refractivity contribution in [2.45, 2.75) is 13.5 Å². The predicted octanol–water partition coefficient (Wildman–Crippen LogP) is 4.08. The number of benzene rings is 2. The zero-order valence-electron chi connectivity index (χ0n) is 14.7. The Morgan fingerprint density at radius 3 is 2.65 bits per heavy atom. The van der Waals surface area contributed by atoms with Crippen molar-refractivity contribution in [2.75, 3.05) is 31.1 Å². The fourth-order valence-electron chi connectivity index (χ4n) is 3.47. The van der Waals surface area contributed by atoms with Crippen molar-refractivity contribution in [3.8, 4) is 0 Å². The van der Waals surface area contributed by atoms with E-state index in [4.69, 9.17) is 16.0 Å². The SMILES string of the molecule is Cc1ccc2occ(CN3CCN(c4cccc(Cl)c4)CC3)c(=O)c2c1. The second-order valence-corrected chi connectivity index (χ2v) is 7.27. The molecule has 5 heteroatoms. The molecule has 1 fully saturated rings. The average Bonchev–Trinajstić information content (AvgIpc) is 2.65. The monoisotopic (exact) mass is 368 g/mol. The van der Waals surface area contributed by atoms with Gasteiger partial charge in [-0.3, -0.25) is 9.69 Å². The molecule has 1 aromatic heterocycles. The minimum Gasteiger partial charge on any atom is -0.464 e. The van der Waals surface area contributed by atoms with Crippen LogP contribution in [0.25, 0.3) is 11.0 Å². The van der Waals surface area contributed by atoms with Gasteiger partial charge in [0.1, 0.15) is 5.58 Å². The molecule has 2 aromatic carbocycles. The van der Waals surface area contributed by atoms with Crippen molar-refractivity contribution in [3.63, 3.8) is 0 Å². The summed E-state index contributed by atoms with van der Waals surface area (Å²) in [6, 6.07) is 13.7. The first-order valence-corrected chi connectivity index (χ1v) is 9.22. The van der Waals surface area contributed by atoms with E-state index in [1.165, 1.54) is 0 Å². The summed E-state index contributed by atoms with van der Waals surface area (Å²) in [5, 5.41) is 1.43. The molecule has 0 saturated carbocycles. The smallest absolute Gasteiger partial charge is 0.197 e. The minimum absolute atomic E-state index is 0.0761. The molecule has 1 saturated heterocycles. The molecule has 4 nitrogen and oxygen atoms in total. The van der Waals surface area contributed by atoms with Crippen LogP contribution in [0.5, 0.6) is 0 Å². The highest BCUT2D eigenvalue weighted by Crippen LogP contribution is 2.21. The third kappa shape index (κ3) is 3.48. The lowest BCUT2D eigenvalue weighted by molar-refractivity contribution is 0.247. The Labute approximate surface area is 157 Å². The highest BCUT2D eigenvalue weighted by Gasteiger charge is 2.19. The summed E-state index contributed by atoms with van der Waals surface area (Å²) in [6.07, 6.45) is 1.61. The number of hydrogen-bond donors (Lipinski definition) is 0. The average molecular weight is 369 g/mol. The molecule has 26 heavy (non-hydrogen) atoms. The molecule has 0 bridgehead atoms. The second kappa shape index (κ2) is 7.14. The normalized spacial score (nSPS) is 15.5. The van der Waals surface area contributed by atoms with Gasteiger partial charge in [0.15, 0.2) is 5.43 Å². The number of nitrogens with zero attached hydrogens (tertiary/aromatic N) is 2. The maximum atomic E-state index is 12.8. The second-order valence-electron chi connectivity index (χ2n) is 6.83. The van der Waals surface area contributed by atoms with Crippen LogP contribution in [0.15, 0.2) is 57.9 Å². The lowest BCUT2D eigenvalue weighted by atomic mass is 10.1. The Balaban J connectivity index is 1.47. The van der Waals surface area contributed by atoms with E-state index in [2.05, 4.69) is 15.9 Å². The molecule has 0 atom stereocenters. The number of piperazine rings is 1. The van der Waals surface area contributed by atoms with Gasteiger partial charge in [-0.05, 0) is 37.3 Å². The maximum Gasteiger partial charge on any atom is 0.197 e. The fourth-order valence-corrected chi connectivity index (χ4v) is 3.66. The van der Waals surface area contributed by atoms with Gasteiger partial charge in [-0.1, -0.05) is 29.3 Å². The van der Waals surface area contributed by atoms with Gasteiger partial charge in [-0.15, -0.1) is 0 Å². The van der Waals surface area contributed by atoms with Crippen molar-refractivity contribution in [1.29, 1.82) is 0 Å². The molecule has 1 aliphatic heterocycles. The molecular weight excluding hydrogens is 348 g/mol. The van der Waals surface area contributed by atoms with Crippen LogP contribution in [-0.4, -0.2) is 31.1 Å². The Morgan fingerprint density at radius 2 is 1.88 bits per heavy atom. The Hall–Kier alpha value is -2.30. The van der Waals surface area contributed by atoms with Crippen molar-refractivity contribution >= 4 is 28.3 Å². The molecule has 134 valence electrons. The van der Waals surface area contributed by atoms with E-state index in [0.717, 1.165) is 48.0 Å². The van der Waals surface area contributed by atoms with Gasteiger partial charge in [-0.25, -0.2) is 0 Å². The van der Waals surface area contributed by atoms with Crippen molar-refractivity contribution in [2.24, 2.45) is 0 Å². The van der Waals surface area contributed by atoms with Crippen molar-refractivity contribution < 1.29 is 4.42 Å². The molecule has 0 radical (unpaired) electrons. The van der Waals surface area contributed by atoms with Crippen LogP contribution >= 0.6 is 11.6 Å². The van der Waals surface area contributed by atoms with Crippen molar-refractivity contribution in [3.05, 3.63) is 75.1 Å². The molecule has 0 amide bonds. The first-order valence-electron chi connectivity index (χ1n) is 8.84. The van der Waals surface area contributed by atoms with Crippen molar-refractivity contribution in [1.82, 2.24) is 4.90 Å². The van der Waals surface area contributed by atoms with Crippen LogP contribution in [-0.2, 0) is 6.54 Å². The van der Waals surface area contributed by atoms with Crippen LogP contribution < -0.4 is 10.3 Å². The van der Waals surface area contributed by atoms with Gasteiger partial charge in [0, 0.05) is 49.0 Å². The first-order chi connectivity index (χ1) is 12.6. The number of anilines is 1. The Bertz CT molecular complexity index is 991. The quantitative estimate of drug-likeness (QED) is 0.698. The zero-order valence-corrected chi connectivity index (χ0v) is 15.5. The van der Waals surface area contributed by atoms with Gasteiger partial charge in [0.05, 0.1) is 11.6 Å². The third-order valence-corrected chi connectivity index (χ3v) is 5.17. The summed E-state index contributed by atoms with van der Waals surface area (Å²) in [6.45, 7) is 6.24. The summed E-state index contributed by atoms with van der Waals surface area (Å²) in [5.41, 5.74) is 3.66. The summed E-state index contributed by atoms with van der Waals surface area (Å²) >= 11 is 6.09. The summed E-state index contributed by atoms with van der Waals surface area (Å²) in [5.74, 6) is 0. The van der Waals surface area contributed by atoms with Crippen LogP contribution in [0, 0.1) is 6.92 Å². The van der Waals surface area contributed by atoms with E-state index in [0.29, 0.717) is 17.5 Å². The summed E-state index contributed by atoms with van der Waals surface area (Å²) in [7, 11) is 0.